The summed E-state index contributed by atoms with van der Waals surface area (Å²) in [7, 11) is 1.22. The number of aliphatic hydroxyl groups is 3. The molecule has 2 amide bonds. The third kappa shape index (κ3) is 7.95. The molecule has 1 aliphatic rings. The molecular weight excluding hydrogens is 574 g/mol. The van der Waals surface area contributed by atoms with Crippen LogP contribution in [0.15, 0.2) is 42.5 Å². The lowest BCUT2D eigenvalue weighted by atomic mass is 9.88. The van der Waals surface area contributed by atoms with E-state index in [0.717, 1.165) is 12.1 Å². The van der Waals surface area contributed by atoms with Gasteiger partial charge in [-0.05, 0) is 30.3 Å². The lowest BCUT2D eigenvalue weighted by molar-refractivity contribution is -0.314. The number of halogens is 3. The quantitative estimate of drug-likeness (QED) is 0.198. The van der Waals surface area contributed by atoms with Gasteiger partial charge in [-0.15, -0.1) is 0 Å². The van der Waals surface area contributed by atoms with Crippen LogP contribution in [0.25, 0.3) is 0 Å². The van der Waals surface area contributed by atoms with Crippen LogP contribution in [0.3, 0.4) is 0 Å². The lowest BCUT2D eigenvalue weighted by Crippen LogP contribution is -2.68. The van der Waals surface area contributed by atoms with E-state index in [1.165, 1.54) is 37.4 Å². The lowest BCUT2D eigenvalue weighted by Gasteiger charge is -2.46. The molecule has 15 heteroatoms. The van der Waals surface area contributed by atoms with Crippen LogP contribution in [-0.2, 0) is 30.4 Å². The number of amides is 2. The van der Waals surface area contributed by atoms with Gasteiger partial charge in [0.1, 0.15) is 18.8 Å². The van der Waals surface area contributed by atoms with Gasteiger partial charge in [-0.3, -0.25) is 9.59 Å². The maximum absolute atomic E-state index is 14.2. The molecule has 1 heterocycles. The van der Waals surface area contributed by atoms with Crippen molar-refractivity contribution in [1.29, 1.82) is 0 Å². The van der Waals surface area contributed by atoms with E-state index in [0.29, 0.717) is 5.02 Å². The van der Waals surface area contributed by atoms with E-state index in [9.17, 15) is 43.6 Å². The van der Waals surface area contributed by atoms with Crippen LogP contribution in [0.2, 0.25) is 5.02 Å². The van der Waals surface area contributed by atoms with Crippen molar-refractivity contribution in [2.75, 3.05) is 20.3 Å². The fraction of sp³-hybridized carbons (Fsp3) is 0.423. The monoisotopic (exact) mass is 602 g/mol. The Balaban J connectivity index is 1.83. The van der Waals surface area contributed by atoms with E-state index < -0.39 is 91.8 Å². The number of aliphatic carboxylic acids is 1. The molecule has 3 rings (SSSR count). The third-order valence-electron chi connectivity index (χ3n) is 6.30. The number of rotatable bonds is 12. The van der Waals surface area contributed by atoms with Gasteiger partial charge in [0.25, 0.3) is 11.7 Å². The number of nitrogens with one attached hydrogen (secondary N) is 2. The number of hydrogen-bond acceptors (Lipinski definition) is 9. The molecule has 0 aromatic heterocycles. The molecule has 1 saturated heterocycles. The molecule has 0 aliphatic carbocycles. The van der Waals surface area contributed by atoms with Crippen LogP contribution < -0.4 is 10.6 Å². The zero-order valence-electron chi connectivity index (χ0n) is 21.6. The SMILES string of the molecule is COCC(=O)N[C@H]1[C@H]([C@H](O)[C@H](O)CNC(=O)c2ccc(Cl)cc2)O[C@@](OCc2cccc(F)c2F)(C(=O)O)C[C@@H]1O. The molecule has 0 saturated carbocycles. The molecule has 0 radical (unpaired) electrons. The van der Waals surface area contributed by atoms with Crippen molar-refractivity contribution >= 4 is 29.4 Å². The number of benzene rings is 2. The predicted molar refractivity (Wildman–Crippen MR) is 137 cm³/mol. The van der Waals surface area contributed by atoms with E-state index in [4.69, 9.17) is 25.8 Å². The Morgan fingerprint density at radius 3 is 2.49 bits per heavy atom. The topological polar surface area (TPSA) is 184 Å². The molecule has 0 bridgehead atoms. The summed E-state index contributed by atoms with van der Waals surface area (Å²) < 4.78 is 43.5. The summed E-state index contributed by atoms with van der Waals surface area (Å²) in [6.07, 6.45) is -8.22. The summed E-state index contributed by atoms with van der Waals surface area (Å²) in [4.78, 5) is 37.0. The van der Waals surface area contributed by atoms with E-state index >= 15 is 0 Å². The average Bonchev–Trinajstić information content (AvgIpc) is 2.93. The highest BCUT2D eigenvalue weighted by Crippen LogP contribution is 2.34. The van der Waals surface area contributed by atoms with Crippen molar-refractivity contribution in [3.8, 4) is 0 Å². The average molecular weight is 603 g/mol. The molecule has 0 spiro atoms. The molecule has 2 aromatic carbocycles. The number of carboxylic acids is 1. The van der Waals surface area contributed by atoms with Gasteiger partial charge in [-0.2, -0.15) is 0 Å². The fourth-order valence-corrected chi connectivity index (χ4v) is 4.29. The van der Waals surface area contributed by atoms with Gasteiger partial charge in [0.15, 0.2) is 11.6 Å². The van der Waals surface area contributed by atoms with Crippen molar-refractivity contribution in [1.82, 2.24) is 10.6 Å². The van der Waals surface area contributed by atoms with Gasteiger partial charge in [0.05, 0.1) is 24.9 Å². The highest BCUT2D eigenvalue weighted by atomic mass is 35.5. The second-order valence-electron chi connectivity index (χ2n) is 9.21. The number of hydrogen-bond donors (Lipinski definition) is 6. The molecule has 1 fully saturated rings. The van der Waals surface area contributed by atoms with Gasteiger partial charge in [0.2, 0.25) is 5.91 Å². The second kappa shape index (κ2) is 14.1. The first-order valence-corrected chi connectivity index (χ1v) is 12.6. The molecule has 1 aliphatic heterocycles. The van der Waals surface area contributed by atoms with E-state index in [-0.39, 0.29) is 11.1 Å². The largest absolute Gasteiger partial charge is 0.477 e. The van der Waals surface area contributed by atoms with Crippen molar-refractivity contribution in [3.05, 3.63) is 70.2 Å². The first kappa shape index (κ1) is 32.3. The molecule has 12 nitrogen and oxygen atoms in total. The van der Waals surface area contributed by atoms with Gasteiger partial charge >= 0.3 is 5.97 Å². The van der Waals surface area contributed by atoms with Gasteiger partial charge in [0, 0.05) is 36.2 Å². The number of carbonyl (C=O) groups excluding carboxylic acids is 2. The molecule has 0 unspecified atom stereocenters. The van der Waals surface area contributed by atoms with Gasteiger partial charge < -0.3 is 45.3 Å². The highest BCUT2D eigenvalue weighted by Gasteiger charge is 2.56. The van der Waals surface area contributed by atoms with Crippen LogP contribution in [0.4, 0.5) is 8.78 Å². The summed E-state index contributed by atoms with van der Waals surface area (Å²) in [6.45, 7) is -1.84. The Morgan fingerprint density at radius 2 is 1.85 bits per heavy atom. The molecule has 6 N–H and O–H groups in total. The zero-order valence-corrected chi connectivity index (χ0v) is 22.4. The van der Waals surface area contributed by atoms with Crippen LogP contribution >= 0.6 is 11.6 Å². The molecule has 224 valence electrons. The zero-order chi connectivity index (χ0) is 30.3. The maximum atomic E-state index is 14.2. The number of carbonyl (C=O) groups is 3. The number of ether oxygens (including phenoxy) is 3. The summed E-state index contributed by atoms with van der Waals surface area (Å²) in [6, 6.07) is 7.44. The normalized spacial score (nSPS) is 23.8. The second-order valence-corrected chi connectivity index (χ2v) is 9.65. The molecule has 2 aromatic rings. The van der Waals surface area contributed by atoms with Crippen molar-refractivity contribution in [2.24, 2.45) is 0 Å². The Bertz CT molecular complexity index is 1240. The number of methoxy groups -OCH3 is 1. The summed E-state index contributed by atoms with van der Waals surface area (Å²) in [5, 5.41) is 47.6. The van der Waals surface area contributed by atoms with E-state index in [2.05, 4.69) is 10.6 Å². The molecule has 6 atom stereocenters. The Morgan fingerprint density at radius 1 is 1.17 bits per heavy atom. The minimum absolute atomic E-state index is 0.188. The number of carboxylic acid groups (broad SMARTS) is 1. The number of aliphatic hydroxyl groups excluding tert-OH is 3. The standard InChI is InChI=1S/C26H29ClF2N2O10/c1-39-12-19(34)31-21-17(32)9-26(25(37)38,40-11-14-3-2-4-16(28)20(14)29)41-23(21)22(35)18(33)10-30-24(36)13-5-7-15(27)8-6-13/h2-8,17-18,21-23,32-33,35H,9-12H2,1H3,(H,30,36)(H,31,34)(H,37,38)/t17-,18+,21+,22+,23+,26+/m0/s1. The molecular formula is C26H29ClF2N2O10. The van der Waals surface area contributed by atoms with Gasteiger partial charge in [-0.1, -0.05) is 23.7 Å². The maximum Gasteiger partial charge on any atom is 0.364 e. The first-order chi connectivity index (χ1) is 19.4. The van der Waals surface area contributed by atoms with Crippen LogP contribution in [0.1, 0.15) is 22.3 Å². The Kier molecular flexibility index (Phi) is 11.1. The summed E-state index contributed by atoms with van der Waals surface area (Å²) in [5.41, 5.74) is -0.172. The first-order valence-electron chi connectivity index (χ1n) is 12.2. The summed E-state index contributed by atoms with van der Waals surface area (Å²) >= 11 is 5.81. The van der Waals surface area contributed by atoms with Crippen molar-refractivity contribution < 1.29 is 57.8 Å². The third-order valence-corrected chi connectivity index (χ3v) is 6.56. The van der Waals surface area contributed by atoms with Crippen molar-refractivity contribution in [2.45, 2.75) is 49.3 Å². The molecule has 41 heavy (non-hydrogen) atoms. The fourth-order valence-electron chi connectivity index (χ4n) is 4.17. The van der Waals surface area contributed by atoms with E-state index in [1.54, 1.807) is 0 Å². The minimum atomic E-state index is -2.72. The highest BCUT2D eigenvalue weighted by molar-refractivity contribution is 6.30. The van der Waals surface area contributed by atoms with Crippen LogP contribution in [-0.4, -0.2) is 94.7 Å². The summed E-state index contributed by atoms with van der Waals surface area (Å²) in [5.74, 6) is -8.43. The van der Waals surface area contributed by atoms with E-state index in [1.807, 2.05) is 0 Å². The van der Waals surface area contributed by atoms with Crippen LogP contribution in [0.5, 0.6) is 0 Å². The van der Waals surface area contributed by atoms with Gasteiger partial charge in [-0.25, -0.2) is 13.6 Å². The smallest absolute Gasteiger partial charge is 0.364 e. The Hall–Kier alpha value is -3.24. The Labute approximate surface area is 237 Å². The van der Waals surface area contributed by atoms with Crippen LogP contribution in [0, 0.1) is 11.6 Å². The predicted octanol–water partition coefficient (Wildman–Crippen LogP) is 0.349. The van der Waals surface area contributed by atoms with Crippen molar-refractivity contribution in [3.63, 3.8) is 0 Å². The minimum Gasteiger partial charge on any atom is -0.477 e.